The molecule has 1 atom stereocenters. The second-order valence-corrected chi connectivity index (χ2v) is 5.88. The first-order valence-corrected chi connectivity index (χ1v) is 7.95. The second kappa shape index (κ2) is 9.25. The molecular formula is C19H21F2N2O2. The number of aliphatic hydroxyl groups excluding tert-OH is 1. The summed E-state index contributed by atoms with van der Waals surface area (Å²) in [6, 6.07) is 10.7. The molecule has 0 spiro atoms. The van der Waals surface area contributed by atoms with E-state index >= 15 is 0 Å². The van der Waals surface area contributed by atoms with E-state index in [1.54, 1.807) is 6.42 Å². The molecule has 0 bridgehead atoms. The zero-order valence-electron chi connectivity index (χ0n) is 13.7. The SMILES string of the molecule is NC(=O)Cc1cccc(CNCC(O)[CH]Cc2cc(F)cc(F)c2)c1. The number of aliphatic hydroxyl groups is 1. The molecule has 0 aromatic heterocycles. The van der Waals surface area contributed by atoms with Crippen LogP contribution in [0.5, 0.6) is 0 Å². The maximum absolute atomic E-state index is 13.1. The van der Waals surface area contributed by atoms with Gasteiger partial charge in [-0.15, -0.1) is 0 Å². The van der Waals surface area contributed by atoms with Crippen LogP contribution in [0.2, 0.25) is 0 Å². The van der Waals surface area contributed by atoms with Crippen molar-refractivity contribution in [1.82, 2.24) is 5.32 Å². The summed E-state index contributed by atoms with van der Waals surface area (Å²) >= 11 is 0. The Bertz CT molecular complexity index is 702. The van der Waals surface area contributed by atoms with Crippen LogP contribution in [0.25, 0.3) is 0 Å². The fraction of sp³-hybridized carbons (Fsp3) is 0.263. The molecule has 1 radical (unpaired) electrons. The van der Waals surface area contributed by atoms with Crippen molar-refractivity contribution in [3.05, 3.63) is 77.2 Å². The van der Waals surface area contributed by atoms with Crippen LogP contribution >= 0.6 is 0 Å². The Balaban J connectivity index is 1.75. The molecule has 2 rings (SSSR count). The molecule has 4 N–H and O–H groups in total. The highest BCUT2D eigenvalue weighted by atomic mass is 19.1. The lowest BCUT2D eigenvalue weighted by molar-refractivity contribution is -0.117. The molecule has 0 heterocycles. The Morgan fingerprint density at radius 3 is 2.48 bits per heavy atom. The van der Waals surface area contributed by atoms with Gasteiger partial charge in [0.2, 0.25) is 5.91 Å². The van der Waals surface area contributed by atoms with Crippen LogP contribution in [0.3, 0.4) is 0 Å². The lowest BCUT2D eigenvalue weighted by atomic mass is 10.1. The highest BCUT2D eigenvalue weighted by Crippen LogP contribution is 2.11. The molecule has 25 heavy (non-hydrogen) atoms. The summed E-state index contributed by atoms with van der Waals surface area (Å²) < 4.78 is 26.2. The highest BCUT2D eigenvalue weighted by molar-refractivity contribution is 5.76. The highest BCUT2D eigenvalue weighted by Gasteiger charge is 2.07. The first-order chi connectivity index (χ1) is 11.9. The van der Waals surface area contributed by atoms with Gasteiger partial charge < -0.3 is 16.2 Å². The van der Waals surface area contributed by atoms with Crippen LogP contribution in [-0.4, -0.2) is 23.7 Å². The number of carbonyl (C=O) groups is 1. The van der Waals surface area contributed by atoms with E-state index in [1.807, 2.05) is 24.3 Å². The van der Waals surface area contributed by atoms with Gasteiger partial charge in [0.25, 0.3) is 0 Å². The van der Waals surface area contributed by atoms with E-state index in [0.29, 0.717) is 18.7 Å². The summed E-state index contributed by atoms with van der Waals surface area (Å²) in [4.78, 5) is 10.9. The van der Waals surface area contributed by atoms with Crippen molar-refractivity contribution >= 4 is 5.91 Å². The fourth-order valence-electron chi connectivity index (χ4n) is 2.50. The number of rotatable bonds is 9. The molecule has 2 aromatic rings. The molecule has 4 nitrogen and oxygen atoms in total. The number of carbonyl (C=O) groups excluding carboxylic acids is 1. The first-order valence-electron chi connectivity index (χ1n) is 7.95. The number of benzene rings is 2. The van der Waals surface area contributed by atoms with E-state index in [9.17, 15) is 18.7 Å². The van der Waals surface area contributed by atoms with Crippen LogP contribution in [0.15, 0.2) is 42.5 Å². The molecular weight excluding hydrogens is 326 g/mol. The molecule has 2 aromatic carbocycles. The molecule has 1 amide bonds. The van der Waals surface area contributed by atoms with E-state index in [1.165, 1.54) is 12.1 Å². The third kappa shape index (κ3) is 6.99. The number of nitrogens with two attached hydrogens (primary N) is 1. The molecule has 0 saturated carbocycles. The Morgan fingerprint density at radius 1 is 1.12 bits per heavy atom. The van der Waals surface area contributed by atoms with E-state index in [4.69, 9.17) is 5.73 Å². The molecule has 0 aliphatic heterocycles. The minimum Gasteiger partial charge on any atom is -0.391 e. The van der Waals surface area contributed by atoms with Crippen molar-refractivity contribution in [3.63, 3.8) is 0 Å². The van der Waals surface area contributed by atoms with E-state index in [0.717, 1.165) is 17.2 Å². The van der Waals surface area contributed by atoms with Crippen molar-refractivity contribution in [3.8, 4) is 0 Å². The first kappa shape index (κ1) is 19.0. The summed E-state index contributed by atoms with van der Waals surface area (Å²) in [6.45, 7) is 0.823. The van der Waals surface area contributed by atoms with Crippen LogP contribution in [0, 0.1) is 18.1 Å². The average molecular weight is 347 g/mol. The molecule has 0 fully saturated rings. The van der Waals surface area contributed by atoms with Gasteiger partial charge in [0, 0.05) is 19.2 Å². The van der Waals surface area contributed by atoms with Crippen LogP contribution in [0.4, 0.5) is 8.78 Å². The minimum absolute atomic E-state index is 0.189. The quantitative estimate of drug-likeness (QED) is 0.648. The standard InChI is InChI=1S/C19H21F2N2O2/c20-16-7-14(8-17(21)10-16)4-5-18(24)12-23-11-15-3-1-2-13(6-15)9-19(22)25/h1-3,5-8,10,18,23-24H,4,9,11-12H2,(H2,22,25). The maximum Gasteiger partial charge on any atom is 0.221 e. The normalized spacial score (nSPS) is 12.1. The third-order valence-electron chi connectivity index (χ3n) is 3.60. The van der Waals surface area contributed by atoms with Gasteiger partial charge in [0.15, 0.2) is 0 Å². The number of halogens is 2. The van der Waals surface area contributed by atoms with Gasteiger partial charge in [-0.25, -0.2) is 8.78 Å². The fourth-order valence-corrected chi connectivity index (χ4v) is 2.50. The maximum atomic E-state index is 13.1. The number of hydrogen-bond donors (Lipinski definition) is 3. The second-order valence-electron chi connectivity index (χ2n) is 5.88. The number of nitrogens with one attached hydrogen (secondary N) is 1. The average Bonchev–Trinajstić information content (AvgIpc) is 2.52. The van der Waals surface area contributed by atoms with Gasteiger partial charge in [-0.3, -0.25) is 4.79 Å². The smallest absolute Gasteiger partial charge is 0.221 e. The predicted molar refractivity (Wildman–Crippen MR) is 91.4 cm³/mol. The summed E-state index contributed by atoms with van der Waals surface area (Å²) in [5.74, 6) is -1.65. The minimum atomic E-state index is -0.750. The van der Waals surface area contributed by atoms with Crippen LogP contribution in [-0.2, 0) is 24.2 Å². The Morgan fingerprint density at radius 2 is 1.80 bits per heavy atom. The summed E-state index contributed by atoms with van der Waals surface area (Å²) in [5, 5.41) is 13.0. The van der Waals surface area contributed by atoms with Crippen LogP contribution in [0.1, 0.15) is 16.7 Å². The zero-order chi connectivity index (χ0) is 18.2. The van der Waals surface area contributed by atoms with Gasteiger partial charge in [-0.2, -0.15) is 0 Å². The van der Waals surface area contributed by atoms with Crippen molar-refractivity contribution in [1.29, 1.82) is 0 Å². The number of primary amides is 1. The van der Waals surface area contributed by atoms with Gasteiger partial charge >= 0.3 is 0 Å². The lowest BCUT2D eigenvalue weighted by Gasteiger charge is -2.12. The van der Waals surface area contributed by atoms with Gasteiger partial charge in [0.1, 0.15) is 11.6 Å². The lowest BCUT2D eigenvalue weighted by Crippen LogP contribution is -2.27. The topological polar surface area (TPSA) is 75.4 Å². The summed E-state index contributed by atoms with van der Waals surface area (Å²) in [6.07, 6.45) is 1.30. The van der Waals surface area contributed by atoms with Crippen molar-refractivity contribution in [2.24, 2.45) is 5.73 Å². The molecule has 0 aliphatic rings. The summed E-state index contributed by atoms with van der Waals surface area (Å²) in [7, 11) is 0. The van der Waals surface area contributed by atoms with Gasteiger partial charge in [-0.05, 0) is 41.7 Å². The van der Waals surface area contributed by atoms with E-state index < -0.39 is 17.7 Å². The van der Waals surface area contributed by atoms with Crippen molar-refractivity contribution < 1.29 is 18.7 Å². The molecule has 1 unspecified atom stereocenters. The monoisotopic (exact) mass is 347 g/mol. The molecule has 133 valence electrons. The Labute approximate surface area is 145 Å². The van der Waals surface area contributed by atoms with Gasteiger partial charge in [0.05, 0.1) is 12.5 Å². The van der Waals surface area contributed by atoms with Gasteiger partial charge in [-0.1, -0.05) is 24.3 Å². The Hall–Kier alpha value is -2.31. The van der Waals surface area contributed by atoms with E-state index in [2.05, 4.69) is 5.32 Å². The van der Waals surface area contributed by atoms with Crippen molar-refractivity contribution in [2.75, 3.05) is 6.54 Å². The third-order valence-corrected chi connectivity index (χ3v) is 3.60. The number of hydrogen-bond acceptors (Lipinski definition) is 3. The largest absolute Gasteiger partial charge is 0.391 e. The van der Waals surface area contributed by atoms with Crippen LogP contribution < -0.4 is 11.1 Å². The molecule has 0 aliphatic carbocycles. The zero-order valence-corrected chi connectivity index (χ0v) is 13.7. The Kier molecular flexibility index (Phi) is 7.03. The number of amides is 1. The molecule has 0 saturated heterocycles. The predicted octanol–water partition coefficient (Wildman–Crippen LogP) is 1.89. The van der Waals surface area contributed by atoms with Crippen molar-refractivity contribution in [2.45, 2.75) is 25.5 Å². The summed E-state index contributed by atoms with van der Waals surface area (Å²) in [5.41, 5.74) is 7.45. The van der Waals surface area contributed by atoms with E-state index in [-0.39, 0.29) is 18.7 Å². The molecule has 6 heteroatoms.